The quantitative estimate of drug-likeness (QED) is 0.589. The van der Waals surface area contributed by atoms with Crippen LogP contribution in [-0.2, 0) is 0 Å². The van der Waals surface area contributed by atoms with E-state index in [-0.39, 0.29) is 0 Å². The summed E-state index contributed by atoms with van der Waals surface area (Å²) < 4.78 is 0. The van der Waals surface area contributed by atoms with Crippen LogP contribution >= 0.6 is 11.6 Å². The lowest BCUT2D eigenvalue weighted by atomic mass is 10.0. The lowest BCUT2D eigenvalue weighted by Crippen LogP contribution is -1.86. The molecular formula is C10H11Cl. The minimum atomic E-state index is 0.410. The molecule has 58 valence electrons. The van der Waals surface area contributed by atoms with Gasteiger partial charge in [-0.25, -0.2) is 0 Å². The topological polar surface area (TPSA) is 0 Å². The summed E-state index contributed by atoms with van der Waals surface area (Å²) in [6.07, 6.45) is 1.92. The summed E-state index contributed by atoms with van der Waals surface area (Å²) >= 11 is 5.73. The first-order valence-corrected chi connectivity index (χ1v) is 4.00. The molecule has 0 N–H and O–H groups in total. The Morgan fingerprint density at radius 1 is 1.36 bits per heavy atom. The van der Waals surface area contributed by atoms with Crippen LogP contribution in [0.15, 0.2) is 36.9 Å². The second kappa shape index (κ2) is 3.59. The van der Waals surface area contributed by atoms with E-state index in [0.717, 1.165) is 5.02 Å². The zero-order valence-electron chi connectivity index (χ0n) is 6.55. The molecule has 1 aromatic carbocycles. The zero-order valence-corrected chi connectivity index (χ0v) is 7.31. The van der Waals surface area contributed by atoms with Gasteiger partial charge in [0.15, 0.2) is 0 Å². The molecule has 0 aromatic heterocycles. The van der Waals surface area contributed by atoms with Crippen molar-refractivity contribution in [2.24, 2.45) is 0 Å². The van der Waals surface area contributed by atoms with Crippen LogP contribution in [0.25, 0.3) is 0 Å². The predicted octanol–water partition coefficient (Wildman–Crippen LogP) is 3.63. The fourth-order valence-corrected chi connectivity index (χ4v) is 1.03. The minimum Gasteiger partial charge on any atom is -0.102 e. The monoisotopic (exact) mass is 166 g/mol. The third-order valence-electron chi connectivity index (χ3n) is 1.75. The van der Waals surface area contributed by atoms with E-state index in [0.29, 0.717) is 5.92 Å². The summed E-state index contributed by atoms with van der Waals surface area (Å²) in [5.41, 5.74) is 1.25. The molecule has 0 saturated carbocycles. The van der Waals surface area contributed by atoms with Crippen LogP contribution in [0.5, 0.6) is 0 Å². The third kappa shape index (κ3) is 2.09. The largest absolute Gasteiger partial charge is 0.102 e. The average molecular weight is 167 g/mol. The first-order chi connectivity index (χ1) is 5.24. The van der Waals surface area contributed by atoms with Crippen LogP contribution < -0.4 is 0 Å². The Balaban J connectivity index is 2.89. The van der Waals surface area contributed by atoms with E-state index in [1.165, 1.54) is 5.56 Å². The van der Waals surface area contributed by atoms with Crippen LogP contribution in [0.1, 0.15) is 18.4 Å². The van der Waals surface area contributed by atoms with Crippen molar-refractivity contribution < 1.29 is 0 Å². The molecule has 1 aromatic rings. The standard InChI is InChI=1S/C10H11Cl/c1-3-8(2)9-4-6-10(11)7-5-9/h3-8H,1H2,2H3. The van der Waals surface area contributed by atoms with Gasteiger partial charge in [-0.3, -0.25) is 0 Å². The number of hydrogen-bond acceptors (Lipinski definition) is 0. The van der Waals surface area contributed by atoms with E-state index in [9.17, 15) is 0 Å². The molecule has 0 fully saturated rings. The molecular weight excluding hydrogens is 156 g/mol. The second-order valence-corrected chi connectivity index (χ2v) is 3.01. The van der Waals surface area contributed by atoms with Crippen LogP contribution in [0, 0.1) is 0 Å². The van der Waals surface area contributed by atoms with Crippen LogP contribution in [-0.4, -0.2) is 0 Å². The SMILES string of the molecule is C=CC(C)c1ccc(Cl)cc1. The molecule has 0 nitrogen and oxygen atoms in total. The van der Waals surface area contributed by atoms with Gasteiger partial charge in [-0.2, -0.15) is 0 Å². The van der Waals surface area contributed by atoms with Crippen LogP contribution in [0.4, 0.5) is 0 Å². The van der Waals surface area contributed by atoms with Crippen molar-refractivity contribution in [3.8, 4) is 0 Å². The van der Waals surface area contributed by atoms with E-state index in [1.807, 2.05) is 30.3 Å². The molecule has 1 unspecified atom stereocenters. The van der Waals surface area contributed by atoms with Crippen molar-refractivity contribution in [3.05, 3.63) is 47.5 Å². The molecule has 1 heteroatoms. The molecule has 11 heavy (non-hydrogen) atoms. The van der Waals surface area contributed by atoms with Gasteiger partial charge < -0.3 is 0 Å². The number of rotatable bonds is 2. The van der Waals surface area contributed by atoms with Crippen LogP contribution in [0.3, 0.4) is 0 Å². The summed E-state index contributed by atoms with van der Waals surface area (Å²) in [6.45, 7) is 5.83. The lowest BCUT2D eigenvalue weighted by molar-refractivity contribution is 0.971. The predicted molar refractivity (Wildman–Crippen MR) is 50.1 cm³/mol. The molecule has 1 atom stereocenters. The van der Waals surface area contributed by atoms with Gasteiger partial charge in [0.2, 0.25) is 0 Å². The van der Waals surface area contributed by atoms with E-state index in [2.05, 4.69) is 13.5 Å². The zero-order chi connectivity index (χ0) is 8.27. The van der Waals surface area contributed by atoms with Crippen molar-refractivity contribution in [1.29, 1.82) is 0 Å². The molecule has 0 bridgehead atoms. The van der Waals surface area contributed by atoms with Gasteiger partial charge in [0.25, 0.3) is 0 Å². The Hall–Kier alpha value is -0.750. The maximum atomic E-state index is 5.73. The van der Waals surface area contributed by atoms with Crippen molar-refractivity contribution >= 4 is 11.6 Å². The molecule has 0 radical (unpaired) electrons. The maximum absolute atomic E-state index is 5.73. The second-order valence-electron chi connectivity index (χ2n) is 2.58. The highest BCUT2D eigenvalue weighted by atomic mass is 35.5. The lowest BCUT2D eigenvalue weighted by Gasteiger charge is -2.04. The summed E-state index contributed by atoms with van der Waals surface area (Å²) in [6, 6.07) is 7.84. The first kappa shape index (κ1) is 8.35. The highest BCUT2D eigenvalue weighted by Gasteiger charge is 1.98. The average Bonchev–Trinajstić information content (AvgIpc) is 2.05. The first-order valence-electron chi connectivity index (χ1n) is 3.62. The fourth-order valence-electron chi connectivity index (χ4n) is 0.902. The van der Waals surface area contributed by atoms with E-state index in [4.69, 9.17) is 11.6 Å². The van der Waals surface area contributed by atoms with Gasteiger partial charge in [0.1, 0.15) is 0 Å². The molecule has 1 rings (SSSR count). The Bertz CT molecular complexity index is 236. The highest BCUT2D eigenvalue weighted by molar-refractivity contribution is 6.30. The molecule has 0 heterocycles. The molecule has 0 amide bonds. The summed E-state index contributed by atoms with van der Waals surface area (Å²) in [5.74, 6) is 0.410. The summed E-state index contributed by atoms with van der Waals surface area (Å²) in [4.78, 5) is 0. The van der Waals surface area contributed by atoms with Crippen molar-refractivity contribution in [3.63, 3.8) is 0 Å². The number of halogens is 1. The fraction of sp³-hybridized carbons (Fsp3) is 0.200. The van der Waals surface area contributed by atoms with E-state index in [1.54, 1.807) is 0 Å². The highest BCUT2D eigenvalue weighted by Crippen LogP contribution is 2.18. The van der Waals surface area contributed by atoms with Gasteiger partial charge in [0, 0.05) is 5.02 Å². The normalized spacial score (nSPS) is 12.5. The third-order valence-corrected chi connectivity index (χ3v) is 2.00. The molecule has 0 saturated heterocycles. The van der Waals surface area contributed by atoms with Crippen molar-refractivity contribution in [2.45, 2.75) is 12.8 Å². The van der Waals surface area contributed by atoms with Gasteiger partial charge in [0.05, 0.1) is 0 Å². The van der Waals surface area contributed by atoms with Gasteiger partial charge >= 0.3 is 0 Å². The van der Waals surface area contributed by atoms with E-state index < -0.39 is 0 Å². The van der Waals surface area contributed by atoms with Gasteiger partial charge in [-0.1, -0.05) is 36.7 Å². The number of allylic oxidation sites excluding steroid dienone is 1. The Labute approximate surface area is 72.5 Å². The molecule has 0 aliphatic carbocycles. The Morgan fingerprint density at radius 2 is 1.91 bits per heavy atom. The van der Waals surface area contributed by atoms with Gasteiger partial charge in [-0.15, -0.1) is 6.58 Å². The molecule has 0 aliphatic rings. The van der Waals surface area contributed by atoms with Gasteiger partial charge in [-0.05, 0) is 23.6 Å². The van der Waals surface area contributed by atoms with Crippen molar-refractivity contribution in [1.82, 2.24) is 0 Å². The Kier molecular flexibility index (Phi) is 2.72. The maximum Gasteiger partial charge on any atom is 0.0406 e. The summed E-state index contributed by atoms with van der Waals surface area (Å²) in [5, 5.41) is 0.782. The molecule has 0 spiro atoms. The van der Waals surface area contributed by atoms with E-state index >= 15 is 0 Å². The van der Waals surface area contributed by atoms with Crippen molar-refractivity contribution in [2.75, 3.05) is 0 Å². The summed E-state index contributed by atoms with van der Waals surface area (Å²) in [7, 11) is 0. The smallest absolute Gasteiger partial charge is 0.0406 e. The Morgan fingerprint density at radius 3 is 2.36 bits per heavy atom. The number of benzene rings is 1. The van der Waals surface area contributed by atoms with Crippen LogP contribution in [0.2, 0.25) is 5.02 Å². The number of hydrogen-bond donors (Lipinski definition) is 0. The molecule has 0 aliphatic heterocycles. The minimum absolute atomic E-state index is 0.410.